The van der Waals surface area contributed by atoms with Crippen LogP contribution in [-0.4, -0.2) is 46.3 Å². The Morgan fingerprint density at radius 2 is 1.84 bits per heavy atom. The van der Waals surface area contributed by atoms with E-state index in [-0.39, 0.29) is 37.2 Å². The number of hydrogen-bond acceptors (Lipinski definition) is 4. The van der Waals surface area contributed by atoms with Crippen LogP contribution in [0.4, 0.5) is 5.69 Å². The summed E-state index contributed by atoms with van der Waals surface area (Å²) in [6.45, 7) is 2.38. The molecule has 4 rings (SSSR count). The van der Waals surface area contributed by atoms with E-state index in [1.54, 1.807) is 28.0 Å². The minimum absolute atomic E-state index is 0.0195. The summed E-state index contributed by atoms with van der Waals surface area (Å²) in [5.41, 5.74) is 1.26. The molecule has 3 amide bonds. The minimum Gasteiger partial charge on any atom is -0.325 e. The van der Waals surface area contributed by atoms with Gasteiger partial charge in [0.05, 0.1) is 17.3 Å². The third-order valence-corrected chi connectivity index (χ3v) is 6.13. The quantitative estimate of drug-likeness (QED) is 0.678. The lowest BCUT2D eigenvalue weighted by Crippen LogP contribution is -2.62. The molecule has 0 aliphatic carbocycles. The normalized spacial score (nSPS) is 19.6. The van der Waals surface area contributed by atoms with Gasteiger partial charge in [0, 0.05) is 25.9 Å². The zero-order chi connectivity index (χ0) is 22.0. The maximum atomic E-state index is 13.3. The number of nitrogens with zero attached hydrogens (tertiary/aromatic N) is 4. The maximum absolute atomic E-state index is 13.3. The van der Waals surface area contributed by atoms with E-state index in [1.165, 1.54) is 4.90 Å². The molecule has 0 radical (unpaired) electrons. The zero-order valence-electron chi connectivity index (χ0n) is 17.5. The molecule has 2 aliphatic heterocycles. The van der Waals surface area contributed by atoms with Gasteiger partial charge in [0.1, 0.15) is 12.2 Å². The topological polar surface area (TPSA) is 84.7 Å². The highest BCUT2D eigenvalue weighted by atomic mass is 16.2. The Morgan fingerprint density at radius 1 is 1.13 bits per heavy atom. The second kappa shape index (κ2) is 8.23. The highest BCUT2D eigenvalue weighted by Gasteiger charge is 2.52. The van der Waals surface area contributed by atoms with Gasteiger partial charge >= 0.3 is 0 Å². The summed E-state index contributed by atoms with van der Waals surface area (Å²) >= 11 is 0. The van der Waals surface area contributed by atoms with E-state index < -0.39 is 5.66 Å². The highest BCUT2D eigenvalue weighted by Crippen LogP contribution is 2.43. The summed E-state index contributed by atoms with van der Waals surface area (Å²) in [4.78, 5) is 43.7. The highest BCUT2D eigenvalue weighted by molar-refractivity contribution is 6.10. The molecular weight excluding hydrogens is 392 g/mol. The molecule has 0 saturated carbocycles. The number of fused-ring (bicyclic) bond motifs is 3. The number of hydrogen-bond donors (Lipinski definition) is 0. The summed E-state index contributed by atoms with van der Waals surface area (Å²) in [6.07, 6.45) is 0.961. The summed E-state index contributed by atoms with van der Waals surface area (Å²) < 4.78 is 0. The van der Waals surface area contributed by atoms with Crippen LogP contribution in [-0.2, 0) is 16.1 Å². The predicted molar refractivity (Wildman–Crippen MR) is 115 cm³/mol. The summed E-state index contributed by atoms with van der Waals surface area (Å²) in [5, 5.41) is 9.17. The van der Waals surface area contributed by atoms with Gasteiger partial charge in [0.25, 0.3) is 5.91 Å². The molecule has 2 aliphatic rings. The number of carbonyl (C=O) groups is 3. The molecule has 7 nitrogen and oxygen atoms in total. The van der Waals surface area contributed by atoms with Crippen LogP contribution in [0.3, 0.4) is 0 Å². The van der Waals surface area contributed by atoms with Gasteiger partial charge in [0.15, 0.2) is 0 Å². The van der Waals surface area contributed by atoms with E-state index in [4.69, 9.17) is 0 Å². The summed E-state index contributed by atoms with van der Waals surface area (Å²) in [5.74, 6) is -0.391. The fourth-order valence-electron chi connectivity index (χ4n) is 4.53. The van der Waals surface area contributed by atoms with E-state index in [0.29, 0.717) is 30.6 Å². The molecule has 7 heteroatoms. The van der Waals surface area contributed by atoms with Crippen molar-refractivity contribution in [1.82, 2.24) is 9.80 Å². The molecule has 0 bridgehead atoms. The van der Waals surface area contributed by atoms with Gasteiger partial charge < -0.3 is 9.80 Å². The van der Waals surface area contributed by atoms with Crippen molar-refractivity contribution in [3.63, 3.8) is 0 Å². The average molecular weight is 416 g/mol. The standard InChI is InChI=1S/C24H24N4O3/c1-24-13-11-22(30)28(24)20-10-6-5-9-19(20)23(31)27(24)15-12-21(29)26(16-14-25)17-18-7-3-2-4-8-18/h2-10H,11-13,15-17H2,1H3. The number of amides is 3. The van der Waals surface area contributed by atoms with E-state index >= 15 is 0 Å². The van der Waals surface area contributed by atoms with E-state index in [1.807, 2.05) is 43.3 Å². The summed E-state index contributed by atoms with van der Waals surface area (Å²) in [6, 6.07) is 18.7. The van der Waals surface area contributed by atoms with E-state index in [0.717, 1.165) is 5.56 Å². The van der Waals surface area contributed by atoms with E-state index in [9.17, 15) is 19.6 Å². The molecule has 0 spiro atoms. The number of carbonyl (C=O) groups excluding carboxylic acids is 3. The Labute approximate surface area is 181 Å². The molecule has 1 fully saturated rings. The van der Waals surface area contributed by atoms with Crippen LogP contribution >= 0.6 is 0 Å². The van der Waals surface area contributed by atoms with Crippen molar-refractivity contribution in [1.29, 1.82) is 5.26 Å². The molecule has 158 valence electrons. The minimum atomic E-state index is -0.789. The zero-order valence-corrected chi connectivity index (χ0v) is 17.5. The first kappa shape index (κ1) is 20.6. The van der Waals surface area contributed by atoms with Gasteiger partial charge in [-0.3, -0.25) is 19.3 Å². The Hall–Kier alpha value is -3.66. The van der Waals surface area contributed by atoms with Gasteiger partial charge in [-0.25, -0.2) is 0 Å². The second-order valence-electron chi connectivity index (χ2n) is 8.06. The predicted octanol–water partition coefficient (Wildman–Crippen LogP) is 2.93. The van der Waals surface area contributed by atoms with Crippen molar-refractivity contribution >= 4 is 23.4 Å². The average Bonchev–Trinajstić information content (AvgIpc) is 3.09. The fraction of sp³-hybridized carbons (Fsp3) is 0.333. The van der Waals surface area contributed by atoms with Crippen LogP contribution in [0.5, 0.6) is 0 Å². The lowest BCUT2D eigenvalue weighted by atomic mass is 9.98. The van der Waals surface area contributed by atoms with Gasteiger partial charge in [-0.15, -0.1) is 0 Å². The van der Waals surface area contributed by atoms with E-state index in [2.05, 4.69) is 6.07 Å². The Bertz CT molecular complexity index is 1060. The molecule has 2 aromatic rings. The molecule has 1 atom stereocenters. The third-order valence-electron chi connectivity index (χ3n) is 6.13. The van der Waals surface area contributed by atoms with Crippen molar-refractivity contribution in [2.75, 3.05) is 18.0 Å². The first-order chi connectivity index (χ1) is 15.0. The monoisotopic (exact) mass is 416 g/mol. The number of para-hydroxylation sites is 1. The first-order valence-electron chi connectivity index (χ1n) is 10.4. The molecule has 0 N–H and O–H groups in total. The largest absolute Gasteiger partial charge is 0.325 e. The molecule has 2 heterocycles. The molecular formula is C24H24N4O3. The maximum Gasteiger partial charge on any atom is 0.257 e. The lowest BCUT2D eigenvalue weighted by molar-refractivity contribution is -0.131. The van der Waals surface area contributed by atoms with Crippen LogP contribution in [0.15, 0.2) is 54.6 Å². The summed E-state index contributed by atoms with van der Waals surface area (Å²) in [7, 11) is 0. The van der Waals surface area contributed by atoms with Crippen LogP contribution in [0.2, 0.25) is 0 Å². The number of benzene rings is 2. The number of rotatable bonds is 6. The SMILES string of the molecule is CC12CCC(=O)N1c1ccccc1C(=O)N2CCC(=O)N(CC#N)Cc1ccccc1. The van der Waals surface area contributed by atoms with Crippen molar-refractivity contribution < 1.29 is 14.4 Å². The van der Waals surface area contributed by atoms with Crippen LogP contribution in [0, 0.1) is 11.3 Å². The smallest absolute Gasteiger partial charge is 0.257 e. The van der Waals surface area contributed by atoms with Crippen molar-refractivity contribution in [2.45, 2.75) is 38.4 Å². The Kier molecular flexibility index (Phi) is 5.47. The van der Waals surface area contributed by atoms with Gasteiger partial charge in [0.2, 0.25) is 11.8 Å². The third kappa shape index (κ3) is 3.66. The van der Waals surface area contributed by atoms with Crippen molar-refractivity contribution in [3.8, 4) is 6.07 Å². The molecule has 1 saturated heterocycles. The van der Waals surface area contributed by atoms with Gasteiger partial charge in [-0.2, -0.15) is 5.26 Å². The van der Waals surface area contributed by atoms with Gasteiger partial charge in [-0.05, 0) is 31.0 Å². The molecule has 1 unspecified atom stereocenters. The molecule has 0 aromatic heterocycles. The first-order valence-corrected chi connectivity index (χ1v) is 10.4. The van der Waals surface area contributed by atoms with Crippen molar-refractivity contribution in [2.24, 2.45) is 0 Å². The van der Waals surface area contributed by atoms with Crippen LogP contribution in [0.1, 0.15) is 42.1 Å². The van der Waals surface area contributed by atoms with Crippen LogP contribution < -0.4 is 4.90 Å². The number of anilines is 1. The molecule has 2 aromatic carbocycles. The van der Waals surface area contributed by atoms with Crippen molar-refractivity contribution in [3.05, 3.63) is 65.7 Å². The molecule has 31 heavy (non-hydrogen) atoms. The number of nitriles is 1. The van der Waals surface area contributed by atoms with Gasteiger partial charge in [-0.1, -0.05) is 42.5 Å². The second-order valence-corrected chi connectivity index (χ2v) is 8.06. The fourth-order valence-corrected chi connectivity index (χ4v) is 4.53. The Morgan fingerprint density at radius 3 is 2.58 bits per heavy atom. The van der Waals surface area contributed by atoms with Crippen LogP contribution in [0.25, 0.3) is 0 Å². The lowest BCUT2D eigenvalue weighted by Gasteiger charge is -2.48. The Balaban J connectivity index is 1.54.